The van der Waals surface area contributed by atoms with E-state index in [9.17, 15) is 4.79 Å². The monoisotopic (exact) mass is 382 g/mol. The number of nitrogens with one attached hydrogen (secondary N) is 1. The van der Waals surface area contributed by atoms with E-state index in [0.29, 0.717) is 29.6 Å². The number of hydrogen-bond acceptors (Lipinski definition) is 3. The molecule has 1 saturated carbocycles. The summed E-state index contributed by atoms with van der Waals surface area (Å²) in [6.07, 6.45) is 8.68. The molecule has 0 spiro atoms. The first kappa shape index (κ1) is 18.0. The van der Waals surface area contributed by atoms with Crippen molar-refractivity contribution in [1.29, 1.82) is 0 Å². The Morgan fingerprint density at radius 3 is 2.70 bits per heavy atom. The maximum Gasteiger partial charge on any atom is 0.251 e. The molecule has 0 bridgehead atoms. The number of imidazole rings is 1. The number of carbonyl (C=O) groups excluding carboxylic acids is 1. The van der Waals surface area contributed by atoms with Gasteiger partial charge in [-0.05, 0) is 49.2 Å². The van der Waals surface area contributed by atoms with Gasteiger partial charge in [-0.2, -0.15) is 0 Å². The number of amides is 1. The van der Waals surface area contributed by atoms with Crippen LogP contribution in [-0.2, 0) is 6.42 Å². The number of rotatable bonds is 5. The molecule has 6 heteroatoms. The minimum atomic E-state index is -0.0925. The molecule has 1 aliphatic carbocycles. The molecule has 1 aromatic carbocycles. The fraction of sp³-hybridized carbons (Fsp3) is 0.381. The van der Waals surface area contributed by atoms with Crippen LogP contribution in [0.2, 0.25) is 5.02 Å². The van der Waals surface area contributed by atoms with E-state index < -0.39 is 0 Å². The summed E-state index contributed by atoms with van der Waals surface area (Å²) in [6.45, 7) is 0.539. The van der Waals surface area contributed by atoms with Crippen LogP contribution in [0, 0.1) is 0 Å². The zero-order valence-electron chi connectivity index (χ0n) is 15.2. The van der Waals surface area contributed by atoms with Crippen LogP contribution in [-0.4, -0.2) is 27.0 Å². The molecule has 1 aliphatic rings. The first-order valence-corrected chi connectivity index (χ1v) is 9.96. The van der Waals surface area contributed by atoms with E-state index in [1.807, 2.05) is 18.3 Å². The van der Waals surface area contributed by atoms with Crippen molar-refractivity contribution in [3.63, 3.8) is 0 Å². The standard InChI is InChI=1S/C21H23ClN4O/c22-16-10-8-15(9-11-16)21(27)24-14-12-19-25-18-7-4-13-23-20(18)26(19)17-5-2-1-3-6-17/h4,7-11,13,17H,1-3,5-6,12,14H2,(H,24,27). The van der Waals surface area contributed by atoms with Gasteiger partial charge in [-0.3, -0.25) is 4.79 Å². The summed E-state index contributed by atoms with van der Waals surface area (Å²) < 4.78 is 2.31. The Morgan fingerprint density at radius 1 is 1.15 bits per heavy atom. The zero-order chi connectivity index (χ0) is 18.6. The highest BCUT2D eigenvalue weighted by molar-refractivity contribution is 6.30. The Hall–Kier alpha value is -2.40. The topological polar surface area (TPSA) is 59.8 Å². The quantitative estimate of drug-likeness (QED) is 0.703. The molecule has 0 unspecified atom stereocenters. The number of benzene rings is 1. The normalized spacial score (nSPS) is 15.1. The Kier molecular flexibility index (Phi) is 5.39. The minimum Gasteiger partial charge on any atom is -0.352 e. The molecule has 0 radical (unpaired) electrons. The molecule has 3 aromatic rings. The Morgan fingerprint density at radius 2 is 1.93 bits per heavy atom. The summed E-state index contributed by atoms with van der Waals surface area (Å²) in [6, 6.07) is 11.3. The fourth-order valence-corrected chi connectivity index (χ4v) is 3.99. The van der Waals surface area contributed by atoms with Crippen LogP contribution in [0.15, 0.2) is 42.6 Å². The van der Waals surface area contributed by atoms with Crippen molar-refractivity contribution < 1.29 is 4.79 Å². The summed E-state index contributed by atoms with van der Waals surface area (Å²) in [5, 5.41) is 3.61. The van der Waals surface area contributed by atoms with E-state index >= 15 is 0 Å². The first-order valence-electron chi connectivity index (χ1n) is 9.58. The van der Waals surface area contributed by atoms with Crippen molar-refractivity contribution >= 4 is 28.7 Å². The van der Waals surface area contributed by atoms with Gasteiger partial charge in [0.15, 0.2) is 5.65 Å². The maximum absolute atomic E-state index is 12.3. The number of hydrogen-bond donors (Lipinski definition) is 1. The summed E-state index contributed by atoms with van der Waals surface area (Å²) >= 11 is 5.88. The van der Waals surface area contributed by atoms with Gasteiger partial charge in [-0.25, -0.2) is 9.97 Å². The van der Waals surface area contributed by atoms with Crippen LogP contribution in [0.25, 0.3) is 11.2 Å². The van der Waals surface area contributed by atoms with Gasteiger partial charge in [-0.15, -0.1) is 0 Å². The van der Waals surface area contributed by atoms with Crippen LogP contribution in [0.5, 0.6) is 0 Å². The van der Waals surface area contributed by atoms with E-state index in [0.717, 1.165) is 17.0 Å². The molecule has 5 nitrogen and oxygen atoms in total. The van der Waals surface area contributed by atoms with Crippen molar-refractivity contribution in [2.24, 2.45) is 0 Å². The van der Waals surface area contributed by atoms with Gasteiger partial charge in [-0.1, -0.05) is 30.9 Å². The molecular weight excluding hydrogens is 360 g/mol. The van der Waals surface area contributed by atoms with Gasteiger partial charge in [0.25, 0.3) is 5.91 Å². The van der Waals surface area contributed by atoms with Crippen molar-refractivity contribution in [3.05, 3.63) is 59.0 Å². The van der Waals surface area contributed by atoms with Crippen molar-refractivity contribution in [2.45, 2.75) is 44.6 Å². The van der Waals surface area contributed by atoms with E-state index in [1.165, 1.54) is 32.1 Å². The number of aromatic nitrogens is 3. The fourth-order valence-electron chi connectivity index (χ4n) is 3.87. The average Bonchev–Trinajstić information content (AvgIpc) is 3.07. The van der Waals surface area contributed by atoms with Gasteiger partial charge < -0.3 is 9.88 Å². The second-order valence-electron chi connectivity index (χ2n) is 7.05. The van der Waals surface area contributed by atoms with Gasteiger partial charge in [0, 0.05) is 35.8 Å². The number of halogens is 1. The SMILES string of the molecule is O=C(NCCc1nc2cccnc2n1C1CCCCC1)c1ccc(Cl)cc1. The maximum atomic E-state index is 12.3. The molecule has 27 heavy (non-hydrogen) atoms. The van der Waals surface area contributed by atoms with Crippen LogP contribution >= 0.6 is 11.6 Å². The molecule has 0 saturated heterocycles. The van der Waals surface area contributed by atoms with E-state index in [-0.39, 0.29) is 5.91 Å². The van der Waals surface area contributed by atoms with E-state index in [2.05, 4.69) is 14.9 Å². The lowest BCUT2D eigenvalue weighted by Crippen LogP contribution is -2.27. The average molecular weight is 383 g/mol. The second kappa shape index (κ2) is 8.09. The molecular formula is C21H23ClN4O. The van der Waals surface area contributed by atoms with Crippen LogP contribution in [0.3, 0.4) is 0 Å². The van der Waals surface area contributed by atoms with Crippen LogP contribution < -0.4 is 5.32 Å². The smallest absolute Gasteiger partial charge is 0.251 e. The number of carbonyl (C=O) groups is 1. The highest BCUT2D eigenvalue weighted by Crippen LogP contribution is 2.31. The van der Waals surface area contributed by atoms with E-state index in [1.54, 1.807) is 24.3 Å². The van der Waals surface area contributed by atoms with Crippen LogP contribution in [0.1, 0.15) is 54.3 Å². The Labute approximate surface area is 163 Å². The second-order valence-corrected chi connectivity index (χ2v) is 7.49. The molecule has 0 atom stereocenters. The predicted molar refractivity (Wildman–Crippen MR) is 107 cm³/mol. The third-order valence-corrected chi connectivity index (χ3v) is 5.45. The zero-order valence-corrected chi connectivity index (χ0v) is 16.0. The minimum absolute atomic E-state index is 0.0925. The van der Waals surface area contributed by atoms with Crippen LogP contribution in [0.4, 0.5) is 0 Å². The van der Waals surface area contributed by atoms with Gasteiger partial charge in [0.2, 0.25) is 0 Å². The van der Waals surface area contributed by atoms with Gasteiger partial charge >= 0.3 is 0 Å². The highest BCUT2D eigenvalue weighted by Gasteiger charge is 2.22. The van der Waals surface area contributed by atoms with E-state index in [4.69, 9.17) is 16.6 Å². The summed E-state index contributed by atoms with van der Waals surface area (Å²) in [4.78, 5) is 21.7. The predicted octanol–water partition coefficient (Wildman–Crippen LogP) is 4.56. The first-order chi connectivity index (χ1) is 13.2. The molecule has 1 N–H and O–H groups in total. The Bertz CT molecular complexity index is 929. The lowest BCUT2D eigenvalue weighted by atomic mass is 9.95. The van der Waals surface area contributed by atoms with Gasteiger partial charge in [0.05, 0.1) is 0 Å². The van der Waals surface area contributed by atoms with Crippen molar-refractivity contribution in [2.75, 3.05) is 6.54 Å². The molecule has 0 aliphatic heterocycles. The highest BCUT2D eigenvalue weighted by atomic mass is 35.5. The lowest BCUT2D eigenvalue weighted by molar-refractivity contribution is 0.0954. The third kappa shape index (κ3) is 3.98. The molecule has 1 fully saturated rings. The van der Waals surface area contributed by atoms with Crippen molar-refractivity contribution in [3.8, 4) is 0 Å². The molecule has 2 heterocycles. The number of nitrogens with zero attached hydrogens (tertiary/aromatic N) is 3. The largest absolute Gasteiger partial charge is 0.352 e. The molecule has 140 valence electrons. The lowest BCUT2D eigenvalue weighted by Gasteiger charge is -2.25. The molecule has 1 amide bonds. The Balaban J connectivity index is 1.49. The summed E-state index contributed by atoms with van der Waals surface area (Å²) in [5.74, 6) is 0.914. The number of pyridine rings is 1. The molecule has 2 aromatic heterocycles. The van der Waals surface area contributed by atoms with Crippen molar-refractivity contribution in [1.82, 2.24) is 19.9 Å². The van der Waals surface area contributed by atoms with Gasteiger partial charge in [0.1, 0.15) is 11.3 Å². The number of fused-ring (bicyclic) bond motifs is 1. The summed E-state index contributed by atoms with van der Waals surface area (Å²) in [5.41, 5.74) is 2.51. The summed E-state index contributed by atoms with van der Waals surface area (Å²) in [7, 11) is 0. The molecule has 4 rings (SSSR count). The third-order valence-electron chi connectivity index (χ3n) is 5.20.